The first kappa shape index (κ1) is 15.5. The van der Waals surface area contributed by atoms with Gasteiger partial charge in [0, 0.05) is 18.9 Å². The molecule has 0 atom stereocenters. The molecule has 0 aliphatic rings. The molecule has 1 aromatic carbocycles. The summed E-state index contributed by atoms with van der Waals surface area (Å²) >= 11 is 5.85. The van der Waals surface area contributed by atoms with Crippen molar-refractivity contribution in [1.82, 2.24) is 9.78 Å². The van der Waals surface area contributed by atoms with Gasteiger partial charge in [-0.25, -0.2) is 4.79 Å². The summed E-state index contributed by atoms with van der Waals surface area (Å²) in [4.78, 5) is 23.3. The van der Waals surface area contributed by atoms with Crippen LogP contribution in [0.15, 0.2) is 30.6 Å². The summed E-state index contributed by atoms with van der Waals surface area (Å²) in [6.07, 6.45) is 2.83. The number of halogens is 1. The lowest BCUT2D eigenvalue weighted by Gasteiger charge is -2.06. The van der Waals surface area contributed by atoms with Gasteiger partial charge in [-0.05, 0) is 18.2 Å². The van der Waals surface area contributed by atoms with E-state index in [2.05, 4.69) is 10.4 Å². The van der Waals surface area contributed by atoms with Gasteiger partial charge in [-0.3, -0.25) is 9.48 Å². The van der Waals surface area contributed by atoms with Gasteiger partial charge in [0.1, 0.15) is 6.07 Å². The van der Waals surface area contributed by atoms with Crippen LogP contribution in [0.1, 0.15) is 15.9 Å². The second-order valence-corrected chi connectivity index (χ2v) is 4.74. The summed E-state index contributed by atoms with van der Waals surface area (Å²) in [5.74, 6) is -1.15. The fourth-order valence-electron chi connectivity index (χ4n) is 1.62. The number of carbonyl (C=O) groups excluding carboxylic acids is 2. The van der Waals surface area contributed by atoms with E-state index in [1.54, 1.807) is 7.05 Å². The zero-order valence-corrected chi connectivity index (χ0v) is 12.3. The van der Waals surface area contributed by atoms with E-state index in [9.17, 15) is 9.59 Å². The second kappa shape index (κ2) is 6.74. The molecule has 1 aromatic heterocycles. The van der Waals surface area contributed by atoms with E-state index >= 15 is 0 Å². The van der Waals surface area contributed by atoms with Gasteiger partial charge in [-0.2, -0.15) is 10.4 Å². The standard InChI is InChI=1S/C14H11ClN4O3/c1-19-7-10(6-17-19)14(21)22-8-13(20)18-11-3-2-9(5-16)12(15)4-11/h2-4,6-7H,8H2,1H3,(H,18,20). The average molecular weight is 319 g/mol. The highest BCUT2D eigenvalue weighted by Crippen LogP contribution is 2.20. The van der Waals surface area contributed by atoms with Crippen LogP contribution in [0.4, 0.5) is 5.69 Å². The molecule has 0 bridgehead atoms. The van der Waals surface area contributed by atoms with Crippen molar-refractivity contribution in [3.63, 3.8) is 0 Å². The van der Waals surface area contributed by atoms with Gasteiger partial charge in [0.05, 0.1) is 22.3 Å². The number of nitrogens with zero attached hydrogens (tertiary/aromatic N) is 3. The highest BCUT2D eigenvalue weighted by atomic mass is 35.5. The van der Waals surface area contributed by atoms with Crippen LogP contribution in [0.25, 0.3) is 0 Å². The van der Waals surface area contributed by atoms with Gasteiger partial charge in [-0.15, -0.1) is 0 Å². The number of amides is 1. The number of esters is 1. The Hall–Kier alpha value is -2.85. The van der Waals surface area contributed by atoms with Gasteiger partial charge in [0.25, 0.3) is 5.91 Å². The van der Waals surface area contributed by atoms with E-state index in [4.69, 9.17) is 21.6 Å². The highest BCUT2D eigenvalue weighted by Gasteiger charge is 2.12. The molecule has 1 heterocycles. The van der Waals surface area contributed by atoms with Crippen LogP contribution in [0.5, 0.6) is 0 Å². The zero-order valence-electron chi connectivity index (χ0n) is 11.5. The van der Waals surface area contributed by atoms with Gasteiger partial charge >= 0.3 is 5.97 Å². The Morgan fingerprint density at radius 1 is 1.50 bits per heavy atom. The number of nitrogens with one attached hydrogen (secondary N) is 1. The Morgan fingerprint density at radius 2 is 2.27 bits per heavy atom. The molecule has 0 aliphatic carbocycles. The lowest BCUT2D eigenvalue weighted by atomic mass is 10.2. The number of ether oxygens (including phenoxy) is 1. The van der Waals surface area contributed by atoms with Crippen molar-refractivity contribution < 1.29 is 14.3 Å². The number of nitriles is 1. The molecule has 0 spiro atoms. The third-order valence-corrected chi connectivity index (χ3v) is 2.96. The maximum Gasteiger partial charge on any atom is 0.341 e. The van der Waals surface area contributed by atoms with E-state index < -0.39 is 18.5 Å². The molecule has 8 heteroatoms. The Morgan fingerprint density at radius 3 is 2.86 bits per heavy atom. The maximum absolute atomic E-state index is 11.7. The molecule has 0 unspecified atom stereocenters. The molecule has 0 radical (unpaired) electrons. The monoisotopic (exact) mass is 318 g/mol. The van der Waals surface area contributed by atoms with Gasteiger partial charge in [-0.1, -0.05) is 11.6 Å². The molecule has 0 fully saturated rings. The normalized spacial score (nSPS) is 9.86. The first-order valence-corrected chi connectivity index (χ1v) is 6.52. The number of anilines is 1. The average Bonchev–Trinajstić information content (AvgIpc) is 2.91. The lowest BCUT2D eigenvalue weighted by Crippen LogP contribution is -2.20. The van der Waals surface area contributed by atoms with Crippen LogP contribution in [0.2, 0.25) is 5.02 Å². The fourth-order valence-corrected chi connectivity index (χ4v) is 1.84. The summed E-state index contributed by atoms with van der Waals surface area (Å²) in [5, 5.41) is 15.3. The predicted molar refractivity (Wildman–Crippen MR) is 78.3 cm³/mol. The van der Waals surface area contributed by atoms with Crippen molar-refractivity contribution in [3.05, 3.63) is 46.7 Å². The lowest BCUT2D eigenvalue weighted by molar-refractivity contribution is -0.119. The summed E-state index contributed by atoms with van der Waals surface area (Å²) in [7, 11) is 1.66. The fraction of sp³-hybridized carbons (Fsp3) is 0.143. The van der Waals surface area contributed by atoms with E-state index in [0.29, 0.717) is 11.3 Å². The molecule has 22 heavy (non-hydrogen) atoms. The highest BCUT2D eigenvalue weighted by molar-refractivity contribution is 6.32. The Kier molecular flexibility index (Phi) is 4.76. The summed E-state index contributed by atoms with van der Waals surface area (Å²) < 4.78 is 6.31. The van der Waals surface area contributed by atoms with Crippen molar-refractivity contribution in [2.75, 3.05) is 11.9 Å². The van der Waals surface area contributed by atoms with Crippen molar-refractivity contribution in [2.24, 2.45) is 7.05 Å². The van der Waals surface area contributed by atoms with E-state index in [-0.39, 0.29) is 10.6 Å². The van der Waals surface area contributed by atoms with Crippen molar-refractivity contribution >= 4 is 29.2 Å². The maximum atomic E-state index is 11.7. The number of aryl methyl sites for hydroxylation is 1. The van der Waals surface area contributed by atoms with Crippen LogP contribution in [0, 0.1) is 11.3 Å². The van der Waals surface area contributed by atoms with Gasteiger partial charge in [0.15, 0.2) is 6.61 Å². The minimum absolute atomic E-state index is 0.229. The van der Waals surface area contributed by atoms with Crippen LogP contribution in [-0.4, -0.2) is 28.3 Å². The third-order valence-electron chi connectivity index (χ3n) is 2.65. The number of hydrogen-bond donors (Lipinski definition) is 1. The molecule has 0 aliphatic heterocycles. The number of rotatable bonds is 4. The molecule has 0 saturated carbocycles. The Bertz CT molecular complexity index is 764. The number of benzene rings is 1. The molecular weight excluding hydrogens is 308 g/mol. The molecule has 2 aromatic rings. The van der Waals surface area contributed by atoms with Crippen molar-refractivity contribution in [1.29, 1.82) is 5.26 Å². The smallest absolute Gasteiger partial charge is 0.341 e. The quantitative estimate of drug-likeness (QED) is 0.866. The Balaban J connectivity index is 1.89. The number of hydrogen-bond acceptors (Lipinski definition) is 5. The predicted octanol–water partition coefficient (Wildman–Crippen LogP) is 1.74. The van der Waals surface area contributed by atoms with Crippen LogP contribution in [-0.2, 0) is 16.6 Å². The van der Waals surface area contributed by atoms with Crippen molar-refractivity contribution in [2.45, 2.75) is 0 Å². The first-order valence-electron chi connectivity index (χ1n) is 6.15. The number of aromatic nitrogens is 2. The molecule has 112 valence electrons. The van der Waals surface area contributed by atoms with E-state index in [1.807, 2.05) is 6.07 Å². The SMILES string of the molecule is Cn1cc(C(=O)OCC(=O)Nc2ccc(C#N)c(Cl)c2)cn1. The van der Waals surface area contributed by atoms with Gasteiger partial charge < -0.3 is 10.1 Å². The minimum Gasteiger partial charge on any atom is -0.452 e. The third kappa shape index (κ3) is 3.84. The Labute approximate surface area is 131 Å². The number of carbonyl (C=O) groups is 2. The van der Waals surface area contributed by atoms with Gasteiger partial charge in [0.2, 0.25) is 0 Å². The molecular formula is C14H11ClN4O3. The first-order chi connectivity index (χ1) is 10.5. The molecule has 7 nitrogen and oxygen atoms in total. The second-order valence-electron chi connectivity index (χ2n) is 4.33. The molecule has 1 amide bonds. The largest absolute Gasteiger partial charge is 0.452 e. The topological polar surface area (TPSA) is 97.0 Å². The molecule has 0 saturated heterocycles. The van der Waals surface area contributed by atoms with E-state index in [1.165, 1.54) is 35.3 Å². The van der Waals surface area contributed by atoms with Crippen LogP contribution in [0.3, 0.4) is 0 Å². The summed E-state index contributed by atoms with van der Waals surface area (Å²) in [6.45, 7) is -0.439. The van der Waals surface area contributed by atoms with Crippen LogP contribution < -0.4 is 5.32 Å². The van der Waals surface area contributed by atoms with Crippen molar-refractivity contribution in [3.8, 4) is 6.07 Å². The molecule has 1 N–H and O–H groups in total. The zero-order chi connectivity index (χ0) is 16.1. The molecule has 2 rings (SSSR count). The minimum atomic E-state index is -0.638. The van der Waals surface area contributed by atoms with E-state index in [0.717, 1.165) is 0 Å². The summed E-state index contributed by atoms with van der Waals surface area (Å²) in [5.41, 5.74) is 0.978. The van der Waals surface area contributed by atoms with Crippen LogP contribution >= 0.6 is 11.6 Å². The summed E-state index contributed by atoms with van der Waals surface area (Å²) in [6, 6.07) is 6.38.